The Balaban J connectivity index is 2.36. The second-order valence-corrected chi connectivity index (χ2v) is 3.77. The van der Waals surface area contributed by atoms with E-state index in [4.69, 9.17) is 4.84 Å². The summed E-state index contributed by atoms with van der Waals surface area (Å²) in [7, 11) is 4.71. The summed E-state index contributed by atoms with van der Waals surface area (Å²) < 4.78 is 1.53. The first-order chi connectivity index (χ1) is 8.63. The number of pyridine rings is 1. The first-order valence-corrected chi connectivity index (χ1v) is 5.40. The Morgan fingerprint density at radius 1 is 1.50 bits per heavy atom. The number of rotatable bonds is 3. The van der Waals surface area contributed by atoms with E-state index in [1.807, 2.05) is 12.1 Å². The summed E-state index contributed by atoms with van der Waals surface area (Å²) in [6, 6.07) is 5.44. The predicted molar refractivity (Wildman–Crippen MR) is 65.5 cm³/mol. The van der Waals surface area contributed by atoms with Crippen LogP contribution in [0.5, 0.6) is 0 Å². The quantitative estimate of drug-likeness (QED) is 0.761. The minimum Gasteiger partial charge on any atom is -0.274 e. The maximum atomic E-state index is 12.0. The third-order valence-corrected chi connectivity index (χ3v) is 2.62. The van der Waals surface area contributed by atoms with E-state index in [2.05, 4.69) is 10.1 Å². The standard InChI is InChI=1S/C12H14N4O2/c1-15-11(12(17)16(2)18-3)7-10(14-15)9-5-4-6-13-8-9/h4-8H,1-3H3. The van der Waals surface area contributed by atoms with E-state index >= 15 is 0 Å². The van der Waals surface area contributed by atoms with Gasteiger partial charge in [-0.3, -0.25) is 19.3 Å². The molecule has 0 aliphatic heterocycles. The van der Waals surface area contributed by atoms with Crippen LogP contribution < -0.4 is 0 Å². The summed E-state index contributed by atoms with van der Waals surface area (Å²) in [5, 5.41) is 5.45. The number of nitrogens with zero attached hydrogens (tertiary/aromatic N) is 4. The lowest BCUT2D eigenvalue weighted by Gasteiger charge is -2.12. The number of hydrogen-bond acceptors (Lipinski definition) is 4. The van der Waals surface area contributed by atoms with Crippen LogP contribution in [0.3, 0.4) is 0 Å². The van der Waals surface area contributed by atoms with Gasteiger partial charge in [-0.05, 0) is 18.2 Å². The second-order valence-electron chi connectivity index (χ2n) is 3.77. The Kier molecular flexibility index (Phi) is 3.38. The number of hydroxylamine groups is 2. The van der Waals surface area contributed by atoms with Crippen LogP contribution in [0.1, 0.15) is 10.5 Å². The smallest absolute Gasteiger partial charge is 0.274 e. The minimum atomic E-state index is -0.248. The normalized spacial score (nSPS) is 10.4. The molecule has 0 aromatic carbocycles. The van der Waals surface area contributed by atoms with Crippen molar-refractivity contribution in [3.05, 3.63) is 36.3 Å². The van der Waals surface area contributed by atoms with Crippen LogP contribution in [0.2, 0.25) is 0 Å². The summed E-state index contributed by atoms with van der Waals surface area (Å²) in [6.45, 7) is 0. The fraction of sp³-hybridized carbons (Fsp3) is 0.250. The maximum Gasteiger partial charge on any atom is 0.295 e. The van der Waals surface area contributed by atoms with Crippen LogP contribution in [0.25, 0.3) is 11.3 Å². The van der Waals surface area contributed by atoms with E-state index in [1.54, 1.807) is 32.6 Å². The van der Waals surface area contributed by atoms with Gasteiger partial charge < -0.3 is 0 Å². The van der Waals surface area contributed by atoms with Gasteiger partial charge in [0.1, 0.15) is 5.69 Å². The number of hydrogen-bond donors (Lipinski definition) is 0. The highest BCUT2D eigenvalue weighted by Gasteiger charge is 2.17. The third-order valence-electron chi connectivity index (χ3n) is 2.62. The molecule has 0 spiro atoms. The summed E-state index contributed by atoms with van der Waals surface area (Å²) in [5.41, 5.74) is 2.03. The van der Waals surface area contributed by atoms with Crippen molar-refractivity contribution in [2.75, 3.05) is 14.2 Å². The van der Waals surface area contributed by atoms with E-state index in [1.165, 1.54) is 11.8 Å². The third kappa shape index (κ3) is 2.23. The van der Waals surface area contributed by atoms with Gasteiger partial charge in [0.15, 0.2) is 0 Å². The van der Waals surface area contributed by atoms with E-state index < -0.39 is 0 Å². The van der Waals surface area contributed by atoms with Crippen LogP contribution in [-0.4, -0.2) is 39.9 Å². The Morgan fingerprint density at radius 2 is 2.28 bits per heavy atom. The molecule has 2 aromatic rings. The highest BCUT2D eigenvalue weighted by atomic mass is 16.7. The summed E-state index contributed by atoms with van der Waals surface area (Å²) >= 11 is 0. The molecule has 0 fully saturated rings. The van der Waals surface area contributed by atoms with Gasteiger partial charge in [0.2, 0.25) is 0 Å². The molecule has 6 nitrogen and oxygen atoms in total. The van der Waals surface area contributed by atoms with E-state index in [-0.39, 0.29) is 5.91 Å². The van der Waals surface area contributed by atoms with Crippen molar-refractivity contribution in [1.29, 1.82) is 0 Å². The zero-order chi connectivity index (χ0) is 13.1. The Morgan fingerprint density at radius 3 is 2.89 bits per heavy atom. The molecule has 2 aromatic heterocycles. The number of carbonyl (C=O) groups is 1. The van der Waals surface area contributed by atoms with Crippen molar-refractivity contribution in [2.45, 2.75) is 0 Å². The Bertz CT molecular complexity index is 550. The number of carbonyl (C=O) groups excluding carboxylic acids is 1. The van der Waals surface area contributed by atoms with Crippen molar-refractivity contribution in [3.8, 4) is 11.3 Å². The Labute approximate surface area is 105 Å². The van der Waals surface area contributed by atoms with Gasteiger partial charge in [-0.15, -0.1) is 0 Å². The highest BCUT2D eigenvalue weighted by Crippen LogP contribution is 2.18. The molecule has 2 rings (SSSR count). The van der Waals surface area contributed by atoms with Crippen LogP contribution in [-0.2, 0) is 11.9 Å². The van der Waals surface area contributed by atoms with Gasteiger partial charge in [0.25, 0.3) is 5.91 Å². The minimum absolute atomic E-state index is 0.248. The van der Waals surface area contributed by atoms with Gasteiger partial charge >= 0.3 is 0 Å². The molecule has 2 heterocycles. The molecule has 0 N–H and O–H groups in total. The molecular formula is C12H14N4O2. The SMILES string of the molecule is CON(C)C(=O)c1cc(-c2cccnc2)nn1C. The molecular weight excluding hydrogens is 232 g/mol. The Hall–Kier alpha value is -2.21. The first-order valence-electron chi connectivity index (χ1n) is 5.40. The van der Waals surface area contributed by atoms with Gasteiger partial charge in [-0.25, -0.2) is 5.06 Å². The molecule has 0 radical (unpaired) electrons. The predicted octanol–water partition coefficient (Wildman–Crippen LogP) is 1.12. The van der Waals surface area contributed by atoms with Gasteiger partial charge in [0.05, 0.1) is 12.8 Å². The molecule has 0 bridgehead atoms. The lowest BCUT2D eigenvalue weighted by molar-refractivity contribution is -0.0763. The lowest BCUT2D eigenvalue weighted by Crippen LogP contribution is -2.27. The second kappa shape index (κ2) is 4.97. The summed E-state index contributed by atoms with van der Waals surface area (Å²) in [6.07, 6.45) is 3.40. The van der Waals surface area contributed by atoms with Crippen molar-refractivity contribution >= 4 is 5.91 Å². The molecule has 1 amide bonds. The van der Waals surface area contributed by atoms with Crippen molar-refractivity contribution < 1.29 is 9.63 Å². The lowest BCUT2D eigenvalue weighted by atomic mass is 10.2. The topological polar surface area (TPSA) is 60.2 Å². The van der Waals surface area contributed by atoms with Gasteiger partial charge in [0, 0.05) is 32.1 Å². The molecule has 6 heteroatoms. The molecule has 0 saturated heterocycles. The fourth-order valence-electron chi connectivity index (χ4n) is 1.57. The van der Waals surface area contributed by atoms with Gasteiger partial charge in [-0.1, -0.05) is 0 Å². The number of aryl methyl sites for hydroxylation is 1. The van der Waals surface area contributed by atoms with Crippen LogP contribution in [0.15, 0.2) is 30.6 Å². The average Bonchev–Trinajstić information content (AvgIpc) is 2.80. The first kappa shape index (κ1) is 12.3. The zero-order valence-electron chi connectivity index (χ0n) is 10.5. The number of amides is 1. The van der Waals surface area contributed by atoms with Crippen LogP contribution >= 0.6 is 0 Å². The van der Waals surface area contributed by atoms with Crippen molar-refractivity contribution in [1.82, 2.24) is 19.8 Å². The summed E-state index contributed by atoms with van der Waals surface area (Å²) in [4.78, 5) is 20.9. The molecule has 0 aliphatic rings. The fourth-order valence-corrected chi connectivity index (χ4v) is 1.57. The van der Waals surface area contributed by atoms with Crippen molar-refractivity contribution in [3.63, 3.8) is 0 Å². The molecule has 0 aliphatic carbocycles. The van der Waals surface area contributed by atoms with Gasteiger partial charge in [-0.2, -0.15) is 5.10 Å². The summed E-state index contributed by atoms with van der Waals surface area (Å²) in [5.74, 6) is -0.248. The molecule has 94 valence electrons. The van der Waals surface area contributed by atoms with Crippen molar-refractivity contribution in [2.24, 2.45) is 7.05 Å². The average molecular weight is 246 g/mol. The highest BCUT2D eigenvalue weighted by molar-refractivity contribution is 5.92. The maximum absolute atomic E-state index is 12.0. The van der Waals surface area contributed by atoms with Crippen LogP contribution in [0.4, 0.5) is 0 Å². The van der Waals surface area contributed by atoms with E-state index in [9.17, 15) is 4.79 Å². The molecule has 0 saturated carbocycles. The van der Waals surface area contributed by atoms with E-state index in [0.717, 1.165) is 10.6 Å². The monoisotopic (exact) mass is 246 g/mol. The molecule has 0 atom stereocenters. The number of aromatic nitrogens is 3. The van der Waals surface area contributed by atoms with E-state index in [0.29, 0.717) is 11.4 Å². The molecule has 0 unspecified atom stereocenters. The zero-order valence-corrected chi connectivity index (χ0v) is 10.5. The van der Waals surface area contributed by atoms with Crippen LogP contribution in [0, 0.1) is 0 Å². The largest absolute Gasteiger partial charge is 0.295 e. The molecule has 18 heavy (non-hydrogen) atoms.